The molecule has 2 nitrogen and oxygen atoms in total. The summed E-state index contributed by atoms with van der Waals surface area (Å²) in [6.07, 6.45) is 1.04. The first kappa shape index (κ1) is 11.9. The lowest BCUT2D eigenvalue weighted by Gasteiger charge is -2.14. The first-order valence-corrected chi connectivity index (χ1v) is 6.89. The van der Waals surface area contributed by atoms with Crippen molar-refractivity contribution in [2.75, 3.05) is 19.0 Å². The number of thiophene rings is 1. The summed E-state index contributed by atoms with van der Waals surface area (Å²) in [5, 5.41) is 0. The summed E-state index contributed by atoms with van der Waals surface area (Å²) in [4.78, 5) is 16.2. The molecular weight excluding hydrogens is 242 g/mol. The molecule has 0 radical (unpaired) electrons. The van der Waals surface area contributed by atoms with Crippen LogP contribution in [0, 0.1) is 19.8 Å². The van der Waals surface area contributed by atoms with E-state index in [9.17, 15) is 4.79 Å². The van der Waals surface area contributed by atoms with E-state index in [1.165, 1.54) is 10.4 Å². The number of carbonyl (C=O) groups is 1. The van der Waals surface area contributed by atoms with E-state index in [0.717, 1.165) is 24.4 Å². The van der Waals surface area contributed by atoms with Crippen LogP contribution in [0.4, 0.5) is 0 Å². The van der Waals surface area contributed by atoms with Crippen molar-refractivity contribution in [2.45, 2.75) is 20.3 Å². The van der Waals surface area contributed by atoms with Gasteiger partial charge in [-0.1, -0.05) is 0 Å². The average Bonchev–Trinajstić information content (AvgIpc) is 2.86. The minimum Gasteiger partial charge on any atom is -0.338 e. The predicted octanol–water partition coefficient (Wildman–Crippen LogP) is 3.07. The number of rotatable bonds is 2. The molecule has 1 aliphatic heterocycles. The monoisotopic (exact) mass is 257 g/mol. The van der Waals surface area contributed by atoms with Crippen molar-refractivity contribution in [1.82, 2.24) is 4.90 Å². The molecule has 4 heteroatoms. The molecule has 1 atom stereocenters. The van der Waals surface area contributed by atoms with Crippen LogP contribution < -0.4 is 0 Å². The van der Waals surface area contributed by atoms with Gasteiger partial charge in [0.15, 0.2) is 0 Å². The van der Waals surface area contributed by atoms with E-state index in [1.807, 2.05) is 17.9 Å². The van der Waals surface area contributed by atoms with E-state index >= 15 is 0 Å². The molecule has 0 N–H and O–H groups in total. The van der Waals surface area contributed by atoms with Gasteiger partial charge in [0.25, 0.3) is 5.91 Å². The van der Waals surface area contributed by atoms with Crippen molar-refractivity contribution in [1.29, 1.82) is 0 Å². The molecule has 2 rings (SSSR count). The van der Waals surface area contributed by atoms with Crippen molar-refractivity contribution in [3.05, 3.63) is 21.4 Å². The quantitative estimate of drug-likeness (QED) is 0.746. The van der Waals surface area contributed by atoms with Gasteiger partial charge >= 0.3 is 0 Å². The van der Waals surface area contributed by atoms with Crippen LogP contribution in [0.3, 0.4) is 0 Å². The van der Waals surface area contributed by atoms with Crippen LogP contribution in [0.15, 0.2) is 6.07 Å². The number of likely N-dealkylation sites (tertiary alicyclic amines) is 1. The Labute approximate surface area is 105 Å². The van der Waals surface area contributed by atoms with Crippen LogP contribution in [0.1, 0.15) is 26.5 Å². The Morgan fingerprint density at radius 1 is 1.62 bits per heavy atom. The summed E-state index contributed by atoms with van der Waals surface area (Å²) in [5.74, 6) is 1.31. The lowest BCUT2D eigenvalue weighted by Crippen LogP contribution is -2.28. The summed E-state index contributed by atoms with van der Waals surface area (Å²) in [6.45, 7) is 5.78. The number of amides is 1. The summed E-state index contributed by atoms with van der Waals surface area (Å²) in [5.41, 5.74) is 1.21. The fraction of sp³-hybridized carbons (Fsp3) is 0.583. The van der Waals surface area contributed by atoms with Crippen LogP contribution in [-0.2, 0) is 0 Å². The van der Waals surface area contributed by atoms with E-state index in [2.05, 4.69) is 6.92 Å². The second-order valence-corrected chi connectivity index (χ2v) is 5.97. The van der Waals surface area contributed by atoms with Crippen molar-refractivity contribution >= 4 is 28.8 Å². The van der Waals surface area contributed by atoms with Crippen molar-refractivity contribution in [3.63, 3.8) is 0 Å². The van der Waals surface area contributed by atoms with Gasteiger partial charge < -0.3 is 4.90 Å². The smallest absolute Gasteiger partial charge is 0.263 e. The van der Waals surface area contributed by atoms with Gasteiger partial charge in [-0.25, -0.2) is 0 Å². The van der Waals surface area contributed by atoms with Crippen LogP contribution in [-0.4, -0.2) is 29.8 Å². The molecule has 1 saturated heterocycles. The highest BCUT2D eigenvalue weighted by molar-refractivity contribution is 7.14. The number of halogens is 1. The first-order valence-electron chi connectivity index (χ1n) is 5.54. The molecular formula is C12H16ClNOS. The lowest BCUT2D eigenvalue weighted by atomic mass is 10.2. The van der Waals surface area contributed by atoms with Crippen LogP contribution in [0.2, 0.25) is 0 Å². The summed E-state index contributed by atoms with van der Waals surface area (Å²) in [7, 11) is 0. The second-order valence-electron chi connectivity index (χ2n) is 4.41. The zero-order valence-electron chi connectivity index (χ0n) is 9.62. The number of hydrogen-bond donors (Lipinski definition) is 0. The molecule has 1 aromatic rings. The Hall–Kier alpha value is -0.540. The summed E-state index contributed by atoms with van der Waals surface area (Å²) < 4.78 is 0. The van der Waals surface area contributed by atoms with Gasteiger partial charge in [-0.05, 0) is 37.8 Å². The molecule has 0 spiro atoms. The predicted molar refractivity (Wildman–Crippen MR) is 68.5 cm³/mol. The van der Waals surface area contributed by atoms with Gasteiger partial charge in [0.2, 0.25) is 0 Å². The van der Waals surface area contributed by atoms with E-state index in [0.29, 0.717) is 11.8 Å². The third-order valence-corrected chi connectivity index (χ3v) is 4.75. The van der Waals surface area contributed by atoms with Gasteiger partial charge in [0.05, 0.1) is 4.88 Å². The fourth-order valence-corrected chi connectivity index (χ4v) is 3.23. The topological polar surface area (TPSA) is 20.3 Å². The molecule has 1 fully saturated rings. The number of alkyl halides is 1. The highest BCUT2D eigenvalue weighted by Gasteiger charge is 2.27. The number of aryl methyl sites for hydroxylation is 2. The standard InChI is InChI=1S/C12H16ClNOS/c1-8-5-11(16-9(8)2)12(15)14-4-3-10(6-13)7-14/h5,10H,3-4,6-7H2,1-2H3. The largest absolute Gasteiger partial charge is 0.338 e. The molecule has 1 unspecified atom stereocenters. The zero-order chi connectivity index (χ0) is 11.7. The minimum absolute atomic E-state index is 0.175. The van der Waals surface area contributed by atoms with Crippen LogP contribution in [0.5, 0.6) is 0 Å². The Balaban J connectivity index is 2.08. The third-order valence-electron chi connectivity index (χ3n) is 3.17. The van der Waals surface area contributed by atoms with Crippen molar-refractivity contribution in [2.24, 2.45) is 5.92 Å². The van der Waals surface area contributed by atoms with Gasteiger partial charge in [0.1, 0.15) is 0 Å². The Kier molecular flexibility index (Phi) is 3.55. The molecule has 1 aliphatic rings. The molecule has 88 valence electrons. The maximum atomic E-state index is 12.2. The molecule has 1 amide bonds. The van der Waals surface area contributed by atoms with Gasteiger partial charge in [0, 0.05) is 23.8 Å². The molecule has 0 bridgehead atoms. The second kappa shape index (κ2) is 4.76. The summed E-state index contributed by atoms with van der Waals surface area (Å²) >= 11 is 7.41. The Morgan fingerprint density at radius 2 is 2.38 bits per heavy atom. The number of nitrogens with zero attached hydrogens (tertiary/aromatic N) is 1. The lowest BCUT2D eigenvalue weighted by molar-refractivity contribution is 0.0793. The molecule has 0 aliphatic carbocycles. The number of hydrogen-bond acceptors (Lipinski definition) is 2. The van der Waals surface area contributed by atoms with E-state index < -0.39 is 0 Å². The van der Waals surface area contributed by atoms with Crippen molar-refractivity contribution < 1.29 is 4.79 Å². The normalized spacial score (nSPS) is 20.4. The molecule has 0 saturated carbocycles. The maximum absolute atomic E-state index is 12.2. The molecule has 2 heterocycles. The molecule has 1 aromatic heterocycles. The highest BCUT2D eigenvalue weighted by Crippen LogP contribution is 2.25. The maximum Gasteiger partial charge on any atom is 0.263 e. The average molecular weight is 258 g/mol. The highest BCUT2D eigenvalue weighted by atomic mass is 35.5. The van der Waals surface area contributed by atoms with Crippen LogP contribution >= 0.6 is 22.9 Å². The van der Waals surface area contributed by atoms with Crippen molar-refractivity contribution in [3.8, 4) is 0 Å². The minimum atomic E-state index is 0.175. The summed E-state index contributed by atoms with van der Waals surface area (Å²) in [6, 6.07) is 2.00. The molecule has 0 aromatic carbocycles. The van der Waals surface area contributed by atoms with Gasteiger partial charge in [-0.15, -0.1) is 22.9 Å². The first-order chi connectivity index (χ1) is 7.61. The van der Waals surface area contributed by atoms with E-state index in [4.69, 9.17) is 11.6 Å². The Morgan fingerprint density at radius 3 is 2.88 bits per heavy atom. The van der Waals surface area contributed by atoms with Gasteiger partial charge in [-0.2, -0.15) is 0 Å². The zero-order valence-corrected chi connectivity index (χ0v) is 11.2. The third kappa shape index (κ3) is 2.25. The SMILES string of the molecule is Cc1cc(C(=O)N2CCC(CCl)C2)sc1C. The number of carbonyl (C=O) groups excluding carboxylic acids is 1. The van der Waals surface area contributed by atoms with E-state index in [1.54, 1.807) is 11.3 Å². The van der Waals surface area contributed by atoms with Gasteiger partial charge in [-0.3, -0.25) is 4.79 Å². The van der Waals surface area contributed by atoms with Crippen LogP contribution in [0.25, 0.3) is 0 Å². The van der Waals surface area contributed by atoms with E-state index in [-0.39, 0.29) is 5.91 Å². The fourth-order valence-electron chi connectivity index (χ4n) is 1.98. The molecule has 16 heavy (non-hydrogen) atoms. The Bertz CT molecular complexity index is 382.